The van der Waals surface area contributed by atoms with Crippen LogP contribution in [0.1, 0.15) is 39.1 Å². The molecule has 1 heterocycles. The Kier molecular flexibility index (Phi) is 6.07. The van der Waals surface area contributed by atoms with Crippen molar-refractivity contribution in [2.45, 2.75) is 39.8 Å². The predicted octanol–water partition coefficient (Wildman–Crippen LogP) is 1.02. The number of rotatable bonds is 8. The van der Waals surface area contributed by atoms with Crippen molar-refractivity contribution in [1.82, 2.24) is 25.5 Å². The molecule has 1 aromatic heterocycles. The van der Waals surface area contributed by atoms with Crippen molar-refractivity contribution in [2.75, 3.05) is 20.3 Å². The average Bonchev–Trinajstić information content (AvgIpc) is 2.77. The van der Waals surface area contributed by atoms with Crippen LogP contribution in [0.15, 0.2) is 0 Å². The van der Waals surface area contributed by atoms with E-state index in [4.69, 9.17) is 4.74 Å². The molecule has 0 aliphatic heterocycles. The highest BCUT2D eigenvalue weighted by molar-refractivity contribution is 4.89. The summed E-state index contributed by atoms with van der Waals surface area (Å²) >= 11 is 0. The normalized spacial score (nSPS) is 14.8. The summed E-state index contributed by atoms with van der Waals surface area (Å²) in [4.78, 5) is 0. The zero-order valence-corrected chi connectivity index (χ0v) is 11.2. The van der Waals surface area contributed by atoms with E-state index in [1.54, 1.807) is 7.11 Å². The van der Waals surface area contributed by atoms with Crippen LogP contribution in [0, 0.1) is 5.92 Å². The maximum Gasteiger partial charge on any atom is 0.167 e. The van der Waals surface area contributed by atoms with E-state index in [0.29, 0.717) is 12.5 Å². The standard InChI is InChI=1S/C11H23N5O/c1-5-9(2)8-16-11(13-14-15-16)10(3)12-6-7-17-4/h9-10,12H,5-8H2,1-4H3. The van der Waals surface area contributed by atoms with Gasteiger partial charge in [0.1, 0.15) is 0 Å². The van der Waals surface area contributed by atoms with E-state index in [1.165, 1.54) is 0 Å². The fraction of sp³-hybridized carbons (Fsp3) is 0.909. The molecule has 2 unspecified atom stereocenters. The third-order valence-electron chi connectivity index (χ3n) is 2.89. The van der Waals surface area contributed by atoms with Gasteiger partial charge in [-0.3, -0.25) is 0 Å². The van der Waals surface area contributed by atoms with Crippen LogP contribution in [0.3, 0.4) is 0 Å². The molecule has 1 N–H and O–H groups in total. The first-order valence-corrected chi connectivity index (χ1v) is 6.17. The lowest BCUT2D eigenvalue weighted by Gasteiger charge is -2.15. The molecule has 0 amide bonds. The molecule has 1 aromatic rings. The molecule has 6 nitrogen and oxygen atoms in total. The van der Waals surface area contributed by atoms with Crippen molar-refractivity contribution in [3.8, 4) is 0 Å². The van der Waals surface area contributed by atoms with Crippen molar-refractivity contribution in [3.05, 3.63) is 5.82 Å². The third-order valence-corrected chi connectivity index (χ3v) is 2.89. The lowest BCUT2D eigenvalue weighted by Crippen LogP contribution is -2.26. The first-order chi connectivity index (χ1) is 8.19. The van der Waals surface area contributed by atoms with Gasteiger partial charge in [0.2, 0.25) is 0 Å². The first-order valence-electron chi connectivity index (χ1n) is 6.17. The number of ether oxygens (including phenoxy) is 1. The van der Waals surface area contributed by atoms with Crippen molar-refractivity contribution in [1.29, 1.82) is 0 Å². The fourth-order valence-electron chi connectivity index (χ4n) is 1.54. The third kappa shape index (κ3) is 4.40. The molecule has 0 aromatic carbocycles. The van der Waals surface area contributed by atoms with Crippen LogP contribution in [-0.4, -0.2) is 40.5 Å². The molecular formula is C11H23N5O. The molecule has 0 saturated heterocycles. The zero-order chi connectivity index (χ0) is 12.7. The van der Waals surface area contributed by atoms with Crippen LogP contribution >= 0.6 is 0 Å². The summed E-state index contributed by atoms with van der Waals surface area (Å²) in [5.74, 6) is 1.48. The minimum atomic E-state index is 0.143. The summed E-state index contributed by atoms with van der Waals surface area (Å²) in [6.45, 7) is 8.80. The van der Waals surface area contributed by atoms with Crippen LogP contribution < -0.4 is 5.32 Å². The second-order valence-electron chi connectivity index (χ2n) is 4.40. The van der Waals surface area contributed by atoms with Crippen molar-refractivity contribution in [2.24, 2.45) is 5.92 Å². The zero-order valence-electron chi connectivity index (χ0n) is 11.2. The predicted molar refractivity (Wildman–Crippen MR) is 65.6 cm³/mol. The Labute approximate surface area is 103 Å². The van der Waals surface area contributed by atoms with Gasteiger partial charge in [-0.15, -0.1) is 5.10 Å². The van der Waals surface area contributed by atoms with Gasteiger partial charge in [-0.25, -0.2) is 4.68 Å². The number of tetrazole rings is 1. The van der Waals surface area contributed by atoms with Crippen molar-refractivity contribution < 1.29 is 4.74 Å². The molecule has 17 heavy (non-hydrogen) atoms. The number of hydrogen-bond acceptors (Lipinski definition) is 5. The smallest absolute Gasteiger partial charge is 0.167 e. The summed E-state index contributed by atoms with van der Waals surface area (Å²) in [6.07, 6.45) is 1.13. The van der Waals surface area contributed by atoms with Crippen LogP contribution in [0.2, 0.25) is 0 Å². The van der Waals surface area contributed by atoms with E-state index in [-0.39, 0.29) is 6.04 Å². The van der Waals surface area contributed by atoms with E-state index < -0.39 is 0 Å². The Morgan fingerprint density at radius 2 is 2.18 bits per heavy atom. The molecule has 0 aliphatic rings. The summed E-state index contributed by atoms with van der Waals surface area (Å²) in [7, 11) is 1.69. The van der Waals surface area contributed by atoms with E-state index >= 15 is 0 Å². The Bertz CT molecular complexity index is 315. The number of nitrogens with zero attached hydrogens (tertiary/aromatic N) is 4. The van der Waals surface area contributed by atoms with Gasteiger partial charge < -0.3 is 10.1 Å². The number of nitrogens with one attached hydrogen (secondary N) is 1. The van der Waals surface area contributed by atoms with Gasteiger partial charge in [0.05, 0.1) is 12.6 Å². The van der Waals surface area contributed by atoms with Gasteiger partial charge in [0.15, 0.2) is 5.82 Å². The van der Waals surface area contributed by atoms with Gasteiger partial charge in [0.25, 0.3) is 0 Å². The molecule has 2 atom stereocenters. The topological polar surface area (TPSA) is 64.9 Å². The Hall–Kier alpha value is -1.01. The summed E-state index contributed by atoms with van der Waals surface area (Å²) in [5.41, 5.74) is 0. The largest absolute Gasteiger partial charge is 0.383 e. The van der Waals surface area contributed by atoms with Gasteiger partial charge in [-0.05, 0) is 23.3 Å². The molecule has 6 heteroatoms. The summed E-state index contributed by atoms with van der Waals surface area (Å²) < 4.78 is 6.89. The maximum atomic E-state index is 5.00. The molecule has 0 fully saturated rings. The van der Waals surface area contributed by atoms with E-state index in [1.807, 2.05) is 4.68 Å². The molecule has 1 rings (SSSR count). The highest BCUT2D eigenvalue weighted by atomic mass is 16.5. The second-order valence-corrected chi connectivity index (χ2v) is 4.40. The van der Waals surface area contributed by atoms with Crippen molar-refractivity contribution >= 4 is 0 Å². The Morgan fingerprint density at radius 3 is 2.82 bits per heavy atom. The molecule has 0 aliphatic carbocycles. The quantitative estimate of drug-likeness (QED) is 0.688. The van der Waals surface area contributed by atoms with Crippen LogP contribution in [0.4, 0.5) is 0 Å². The van der Waals surface area contributed by atoms with Crippen LogP contribution in [0.25, 0.3) is 0 Å². The van der Waals surface area contributed by atoms with Crippen LogP contribution in [-0.2, 0) is 11.3 Å². The minimum absolute atomic E-state index is 0.143. The van der Waals surface area contributed by atoms with E-state index in [2.05, 4.69) is 41.6 Å². The highest BCUT2D eigenvalue weighted by Gasteiger charge is 2.14. The Morgan fingerprint density at radius 1 is 1.41 bits per heavy atom. The van der Waals surface area contributed by atoms with Gasteiger partial charge in [-0.1, -0.05) is 20.3 Å². The van der Waals surface area contributed by atoms with Gasteiger partial charge >= 0.3 is 0 Å². The van der Waals surface area contributed by atoms with Gasteiger partial charge in [-0.2, -0.15) is 0 Å². The molecule has 0 radical (unpaired) electrons. The lowest BCUT2D eigenvalue weighted by molar-refractivity contribution is 0.195. The molecule has 0 spiro atoms. The maximum absolute atomic E-state index is 5.00. The average molecular weight is 241 g/mol. The lowest BCUT2D eigenvalue weighted by atomic mass is 10.1. The SMILES string of the molecule is CCC(C)Cn1nnnc1C(C)NCCOC. The second kappa shape index (κ2) is 7.34. The molecule has 98 valence electrons. The number of methoxy groups -OCH3 is 1. The van der Waals surface area contributed by atoms with E-state index in [9.17, 15) is 0 Å². The molecule has 0 bridgehead atoms. The molecule has 0 saturated carbocycles. The van der Waals surface area contributed by atoms with E-state index in [0.717, 1.165) is 25.3 Å². The van der Waals surface area contributed by atoms with Crippen molar-refractivity contribution in [3.63, 3.8) is 0 Å². The summed E-state index contributed by atoms with van der Waals surface area (Å²) in [6, 6.07) is 0.143. The fourth-order valence-corrected chi connectivity index (χ4v) is 1.54. The monoisotopic (exact) mass is 241 g/mol. The molecular weight excluding hydrogens is 218 g/mol. The Balaban J connectivity index is 2.54. The highest BCUT2D eigenvalue weighted by Crippen LogP contribution is 2.10. The summed E-state index contributed by atoms with van der Waals surface area (Å²) in [5, 5.41) is 15.2. The van der Waals surface area contributed by atoms with Crippen LogP contribution in [0.5, 0.6) is 0 Å². The number of aromatic nitrogens is 4. The first kappa shape index (κ1) is 14.1. The number of hydrogen-bond donors (Lipinski definition) is 1. The minimum Gasteiger partial charge on any atom is -0.383 e. The van der Waals surface area contributed by atoms with Gasteiger partial charge in [0, 0.05) is 20.2 Å².